The summed E-state index contributed by atoms with van der Waals surface area (Å²) in [7, 11) is 2.24. The minimum absolute atomic E-state index is 0.806. The van der Waals surface area contributed by atoms with Gasteiger partial charge in [0, 0.05) is 30.5 Å². The molecule has 3 N–H and O–H groups in total. The summed E-state index contributed by atoms with van der Waals surface area (Å²) in [6.45, 7) is 4.15. The summed E-state index contributed by atoms with van der Waals surface area (Å²) >= 11 is 0. The fourth-order valence-corrected chi connectivity index (χ4v) is 2.69. The van der Waals surface area contributed by atoms with E-state index in [1.165, 1.54) is 31.4 Å². The van der Waals surface area contributed by atoms with E-state index in [2.05, 4.69) is 29.4 Å². The first-order valence-electron chi connectivity index (χ1n) is 6.97. The van der Waals surface area contributed by atoms with Crippen LogP contribution in [0.25, 0.3) is 0 Å². The molecule has 3 heteroatoms. The Hall–Kier alpha value is -1.22. The maximum atomic E-state index is 5.81. The average Bonchev–Trinajstić information content (AvgIpc) is 2.87. The second-order valence-corrected chi connectivity index (χ2v) is 5.42. The zero-order valence-corrected chi connectivity index (χ0v) is 11.6. The van der Waals surface area contributed by atoms with E-state index < -0.39 is 0 Å². The highest BCUT2D eigenvalue weighted by Crippen LogP contribution is 2.22. The molecule has 0 radical (unpaired) electrons. The number of nitrogens with one attached hydrogen (secondary N) is 1. The van der Waals surface area contributed by atoms with Crippen LogP contribution in [0.15, 0.2) is 18.2 Å². The van der Waals surface area contributed by atoms with Gasteiger partial charge in [0.25, 0.3) is 0 Å². The van der Waals surface area contributed by atoms with E-state index in [1.807, 2.05) is 13.0 Å². The molecule has 1 fully saturated rings. The summed E-state index contributed by atoms with van der Waals surface area (Å²) in [5, 5.41) is 3.47. The first-order valence-corrected chi connectivity index (χ1v) is 6.97. The van der Waals surface area contributed by atoms with Gasteiger partial charge in [0.15, 0.2) is 0 Å². The van der Waals surface area contributed by atoms with E-state index >= 15 is 0 Å². The van der Waals surface area contributed by atoms with E-state index in [1.54, 1.807) is 0 Å². The van der Waals surface area contributed by atoms with Crippen LogP contribution in [-0.2, 0) is 0 Å². The molecule has 1 saturated carbocycles. The molecule has 1 aromatic rings. The van der Waals surface area contributed by atoms with Gasteiger partial charge in [-0.15, -0.1) is 0 Å². The number of hydrogen-bond acceptors (Lipinski definition) is 3. The number of rotatable bonds is 5. The molecule has 0 heterocycles. The van der Waals surface area contributed by atoms with Crippen LogP contribution in [0.4, 0.5) is 11.4 Å². The van der Waals surface area contributed by atoms with Crippen molar-refractivity contribution in [2.24, 2.45) is 0 Å². The molecule has 1 aromatic carbocycles. The smallest absolute Gasteiger partial charge is 0.0345 e. The van der Waals surface area contributed by atoms with Crippen molar-refractivity contribution in [1.82, 2.24) is 4.90 Å². The molecule has 0 bridgehead atoms. The first-order chi connectivity index (χ1) is 8.66. The van der Waals surface area contributed by atoms with Crippen LogP contribution in [0.2, 0.25) is 0 Å². The summed E-state index contributed by atoms with van der Waals surface area (Å²) in [6.07, 6.45) is 5.55. The van der Waals surface area contributed by atoms with Crippen molar-refractivity contribution in [2.75, 3.05) is 31.2 Å². The Kier molecular flexibility index (Phi) is 4.48. The van der Waals surface area contributed by atoms with Gasteiger partial charge in [-0.1, -0.05) is 12.8 Å². The quantitative estimate of drug-likeness (QED) is 0.786. The number of hydrogen-bond donors (Lipinski definition) is 2. The van der Waals surface area contributed by atoms with Gasteiger partial charge in [0.2, 0.25) is 0 Å². The Balaban J connectivity index is 1.75. The lowest BCUT2D eigenvalue weighted by atomic mass is 10.2. The highest BCUT2D eigenvalue weighted by atomic mass is 15.1. The average molecular weight is 247 g/mol. The zero-order valence-electron chi connectivity index (χ0n) is 11.6. The van der Waals surface area contributed by atoms with Crippen LogP contribution in [0.3, 0.4) is 0 Å². The maximum Gasteiger partial charge on any atom is 0.0345 e. The molecule has 2 rings (SSSR count). The Labute approximate surface area is 110 Å². The summed E-state index contributed by atoms with van der Waals surface area (Å²) in [4.78, 5) is 2.49. The van der Waals surface area contributed by atoms with Gasteiger partial charge in [0.05, 0.1) is 0 Å². The number of nitrogens with zero attached hydrogens (tertiary/aromatic N) is 1. The lowest BCUT2D eigenvalue weighted by Crippen LogP contribution is -2.33. The van der Waals surface area contributed by atoms with Crippen LogP contribution < -0.4 is 11.1 Å². The number of nitrogens with two attached hydrogens (primary N) is 1. The molecule has 0 amide bonds. The van der Waals surface area contributed by atoms with Crippen molar-refractivity contribution in [3.8, 4) is 0 Å². The van der Waals surface area contributed by atoms with Crippen LogP contribution in [0.5, 0.6) is 0 Å². The molecule has 0 aromatic heterocycles. The first kappa shape index (κ1) is 13.2. The predicted molar refractivity (Wildman–Crippen MR) is 79.0 cm³/mol. The molecule has 3 nitrogen and oxygen atoms in total. The van der Waals surface area contributed by atoms with Gasteiger partial charge < -0.3 is 16.0 Å². The summed E-state index contributed by atoms with van der Waals surface area (Å²) in [5.74, 6) is 0. The Bertz CT molecular complexity index is 383. The molecule has 0 atom stereocenters. The standard InChI is InChI=1S/C15H25N3/c1-12-11-13(7-8-15(12)16)17-9-10-18(2)14-5-3-4-6-14/h7-8,11,14,17H,3-6,9-10,16H2,1-2H3. The van der Waals surface area contributed by atoms with Gasteiger partial charge in [-0.25, -0.2) is 0 Å². The minimum Gasteiger partial charge on any atom is -0.399 e. The maximum absolute atomic E-state index is 5.81. The molecule has 100 valence electrons. The normalized spacial score (nSPS) is 16.4. The van der Waals surface area contributed by atoms with E-state index in [0.717, 1.165) is 30.4 Å². The van der Waals surface area contributed by atoms with Crippen molar-refractivity contribution < 1.29 is 0 Å². The Morgan fingerprint density at radius 3 is 2.72 bits per heavy atom. The van der Waals surface area contributed by atoms with Crippen LogP contribution in [0.1, 0.15) is 31.2 Å². The summed E-state index contributed by atoms with van der Waals surface area (Å²) in [5.41, 5.74) is 8.99. The third-order valence-corrected chi connectivity index (χ3v) is 4.01. The van der Waals surface area contributed by atoms with Gasteiger partial charge in [-0.05, 0) is 50.6 Å². The predicted octanol–water partition coefficient (Wildman–Crippen LogP) is 2.86. The van der Waals surface area contributed by atoms with Gasteiger partial charge in [-0.2, -0.15) is 0 Å². The third-order valence-electron chi connectivity index (χ3n) is 4.01. The van der Waals surface area contributed by atoms with Crippen molar-refractivity contribution in [3.05, 3.63) is 23.8 Å². The van der Waals surface area contributed by atoms with Gasteiger partial charge >= 0.3 is 0 Å². The van der Waals surface area contributed by atoms with Crippen molar-refractivity contribution in [1.29, 1.82) is 0 Å². The molecule has 0 spiro atoms. The molecular weight excluding hydrogens is 222 g/mol. The summed E-state index contributed by atoms with van der Waals surface area (Å²) < 4.78 is 0. The van der Waals surface area contributed by atoms with E-state index in [9.17, 15) is 0 Å². The second kappa shape index (κ2) is 6.10. The van der Waals surface area contributed by atoms with Crippen LogP contribution in [0, 0.1) is 6.92 Å². The third kappa shape index (κ3) is 3.39. The van der Waals surface area contributed by atoms with Crippen molar-refractivity contribution in [2.45, 2.75) is 38.6 Å². The minimum atomic E-state index is 0.806. The molecule has 0 unspecified atom stereocenters. The van der Waals surface area contributed by atoms with Crippen LogP contribution in [-0.4, -0.2) is 31.1 Å². The highest BCUT2D eigenvalue weighted by molar-refractivity contribution is 5.56. The molecule has 18 heavy (non-hydrogen) atoms. The SMILES string of the molecule is Cc1cc(NCCN(C)C2CCCC2)ccc1N. The monoisotopic (exact) mass is 247 g/mol. The molecular formula is C15H25N3. The summed E-state index contributed by atoms with van der Waals surface area (Å²) in [6, 6.07) is 6.95. The highest BCUT2D eigenvalue weighted by Gasteiger charge is 2.18. The fourth-order valence-electron chi connectivity index (χ4n) is 2.69. The number of benzene rings is 1. The van der Waals surface area contributed by atoms with E-state index in [-0.39, 0.29) is 0 Å². The molecule has 1 aliphatic rings. The molecule has 0 saturated heterocycles. The molecule has 1 aliphatic carbocycles. The van der Waals surface area contributed by atoms with Crippen LogP contribution >= 0.6 is 0 Å². The Morgan fingerprint density at radius 2 is 2.06 bits per heavy atom. The largest absolute Gasteiger partial charge is 0.399 e. The topological polar surface area (TPSA) is 41.3 Å². The van der Waals surface area contributed by atoms with Crippen molar-refractivity contribution in [3.63, 3.8) is 0 Å². The Morgan fingerprint density at radius 1 is 1.33 bits per heavy atom. The number of anilines is 2. The molecule has 0 aliphatic heterocycles. The van der Waals surface area contributed by atoms with E-state index in [0.29, 0.717) is 0 Å². The lowest BCUT2D eigenvalue weighted by molar-refractivity contribution is 0.254. The number of nitrogen functional groups attached to an aromatic ring is 1. The van der Waals surface area contributed by atoms with Gasteiger partial charge in [-0.3, -0.25) is 0 Å². The van der Waals surface area contributed by atoms with E-state index in [4.69, 9.17) is 5.73 Å². The van der Waals surface area contributed by atoms with Crippen molar-refractivity contribution >= 4 is 11.4 Å². The fraction of sp³-hybridized carbons (Fsp3) is 0.600. The van der Waals surface area contributed by atoms with Gasteiger partial charge in [0.1, 0.15) is 0 Å². The number of likely N-dealkylation sites (N-methyl/N-ethyl adjacent to an activating group) is 1. The zero-order chi connectivity index (χ0) is 13.0. The lowest BCUT2D eigenvalue weighted by Gasteiger charge is -2.24. The number of aryl methyl sites for hydroxylation is 1. The second-order valence-electron chi connectivity index (χ2n) is 5.42.